The number of pyridine rings is 1. The summed E-state index contributed by atoms with van der Waals surface area (Å²) in [5.74, 6) is 0.629. The van der Waals surface area contributed by atoms with Crippen molar-refractivity contribution < 1.29 is 0 Å². The van der Waals surface area contributed by atoms with E-state index in [1.807, 2.05) is 48.5 Å². The Hall–Kier alpha value is -1.83. The number of hydrogen-bond acceptors (Lipinski definition) is 4. The van der Waals surface area contributed by atoms with Gasteiger partial charge >= 0.3 is 0 Å². The van der Waals surface area contributed by atoms with Crippen LogP contribution < -0.4 is 5.32 Å². The van der Waals surface area contributed by atoms with Crippen molar-refractivity contribution in [2.24, 2.45) is 0 Å². The van der Waals surface area contributed by atoms with E-state index in [-0.39, 0.29) is 0 Å². The maximum Gasteiger partial charge on any atom is 0.141 e. The molecule has 1 atom stereocenters. The number of hydrogen-bond donors (Lipinski definition) is 1. The fraction of sp³-hybridized carbons (Fsp3) is 0.294. The lowest BCUT2D eigenvalue weighted by molar-refractivity contribution is 0.473. The summed E-state index contributed by atoms with van der Waals surface area (Å²) >= 11 is 1.60. The molecule has 1 unspecified atom stereocenters. The van der Waals surface area contributed by atoms with Crippen molar-refractivity contribution in [2.45, 2.75) is 23.9 Å². The Morgan fingerprint density at radius 3 is 2.57 bits per heavy atom. The van der Waals surface area contributed by atoms with Crippen molar-refractivity contribution in [3.8, 4) is 6.07 Å². The summed E-state index contributed by atoms with van der Waals surface area (Å²) in [6.07, 6.45) is 2.77. The van der Waals surface area contributed by atoms with Gasteiger partial charge in [0, 0.05) is 11.9 Å². The molecule has 0 saturated heterocycles. The van der Waals surface area contributed by atoms with Crippen molar-refractivity contribution in [2.75, 3.05) is 12.3 Å². The smallest absolute Gasteiger partial charge is 0.141 e. The Morgan fingerprint density at radius 2 is 1.95 bits per heavy atom. The van der Waals surface area contributed by atoms with Crippen molar-refractivity contribution >= 4 is 11.8 Å². The first-order valence-corrected chi connectivity index (χ1v) is 8.05. The standard InChI is InChI=1S/C17H19N3S/c1-2-11-20-17(13-18,15-8-4-3-5-9-15)14-21-16-10-6-7-12-19-16/h3-10,12,20H,2,11,14H2,1H3. The van der Waals surface area contributed by atoms with E-state index in [1.165, 1.54) is 0 Å². The van der Waals surface area contributed by atoms with Crippen LogP contribution in [0.15, 0.2) is 59.8 Å². The van der Waals surface area contributed by atoms with E-state index in [4.69, 9.17) is 0 Å². The van der Waals surface area contributed by atoms with Crippen LogP contribution in [0.2, 0.25) is 0 Å². The molecule has 2 rings (SSSR count). The number of nitrogens with one attached hydrogen (secondary N) is 1. The molecule has 0 aliphatic heterocycles. The highest BCUT2D eigenvalue weighted by Gasteiger charge is 2.31. The van der Waals surface area contributed by atoms with Gasteiger partial charge in [-0.15, -0.1) is 11.8 Å². The van der Waals surface area contributed by atoms with E-state index >= 15 is 0 Å². The highest BCUT2D eigenvalue weighted by molar-refractivity contribution is 7.99. The number of nitriles is 1. The zero-order chi connectivity index (χ0) is 15.0. The molecule has 0 spiro atoms. The zero-order valence-corrected chi connectivity index (χ0v) is 12.9. The summed E-state index contributed by atoms with van der Waals surface area (Å²) in [5, 5.41) is 14.1. The molecule has 4 heteroatoms. The average Bonchev–Trinajstić information content (AvgIpc) is 2.57. The second-order valence-electron chi connectivity index (χ2n) is 4.77. The summed E-state index contributed by atoms with van der Waals surface area (Å²) < 4.78 is 0. The minimum Gasteiger partial charge on any atom is -0.295 e. The van der Waals surface area contributed by atoms with E-state index in [2.05, 4.69) is 23.3 Å². The van der Waals surface area contributed by atoms with Crippen LogP contribution in [0.4, 0.5) is 0 Å². The van der Waals surface area contributed by atoms with E-state index in [9.17, 15) is 5.26 Å². The van der Waals surface area contributed by atoms with Crippen LogP contribution in [0.1, 0.15) is 18.9 Å². The van der Waals surface area contributed by atoms with Crippen molar-refractivity contribution in [1.29, 1.82) is 5.26 Å². The molecular weight excluding hydrogens is 278 g/mol. The fourth-order valence-electron chi connectivity index (χ4n) is 2.05. The Bertz CT molecular complexity index is 580. The highest BCUT2D eigenvalue weighted by atomic mass is 32.2. The summed E-state index contributed by atoms with van der Waals surface area (Å²) in [4.78, 5) is 4.32. The van der Waals surface area contributed by atoms with E-state index in [1.54, 1.807) is 18.0 Å². The lowest BCUT2D eigenvalue weighted by Crippen LogP contribution is -2.43. The van der Waals surface area contributed by atoms with E-state index in [0.29, 0.717) is 5.75 Å². The van der Waals surface area contributed by atoms with E-state index in [0.717, 1.165) is 23.6 Å². The van der Waals surface area contributed by atoms with Gasteiger partial charge < -0.3 is 0 Å². The molecule has 2 aromatic rings. The van der Waals surface area contributed by atoms with Gasteiger partial charge in [-0.3, -0.25) is 5.32 Å². The minimum atomic E-state index is -0.681. The van der Waals surface area contributed by atoms with Crippen molar-refractivity contribution in [1.82, 2.24) is 10.3 Å². The van der Waals surface area contributed by atoms with Gasteiger partial charge in [0.1, 0.15) is 5.54 Å². The Balaban J connectivity index is 2.21. The predicted molar refractivity (Wildman–Crippen MR) is 87.0 cm³/mol. The predicted octanol–water partition coefficient (Wildman–Crippen LogP) is 3.59. The molecule has 21 heavy (non-hydrogen) atoms. The van der Waals surface area contributed by atoms with Gasteiger partial charge in [-0.05, 0) is 30.7 Å². The molecule has 1 N–H and O–H groups in total. The molecule has 1 aromatic heterocycles. The highest BCUT2D eigenvalue weighted by Crippen LogP contribution is 2.28. The second kappa shape index (κ2) is 7.82. The zero-order valence-electron chi connectivity index (χ0n) is 12.1. The molecule has 0 fully saturated rings. The molecule has 0 aliphatic rings. The second-order valence-corrected chi connectivity index (χ2v) is 5.76. The quantitative estimate of drug-likeness (QED) is 0.793. The largest absolute Gasteiger partial charge is 0.295 e. The summed E-state index contributed by atoms with van der Waals surface area (Å²) in [5.41, 5.74) is 0.323. The Kier molecular flexibility index (Phi) is 5.79. The topological polar surface area (TPSA) is 48.7 Å². The normalized spacial score (nSPS) is 13.3. The van der Waals surface area contributed by atoms with Crippen LogP contribution in [-0.4, -0.2) is 17.3 Å². The van der Waals surface area contributed by atoms with Crippen LogP contribution in [0, 0.1) is 11.3 Å². The third kappa shape index (κ3) is 4.07. The van der Waals surface area contributed by atoms with E-state index < -0.39 is 5.54 Å². The first-order valence-electron chi connectivity index (χ1n) is 7.06. The van der Waals surface area contributed by atoms with Crippen molar-refractivity contribution in [3.63, 3.8) is 0 Å². The lowest BCUT2D eigenvalue weighted by atomic mass is 9.93. The SMILES string of the molecule is CCCNC(C#N)(CSc1ccccn1)c1ccccc1. The molecule has 0 saturated carbocycles. The summed E-state index contributed by atoms with van der Waals surface area (Å²) in [6.45, 7) is 2.91. The number of rotatable bonds is 7. The number of aromatic nitrogens is 1. The molecule has 0 aliphatic carbocycles. The van der Waals surface area contributed by atoms with Crippen LogP contribution >= 0.6 is 11.8 Å². The van der Waals surface area contributed by atoms with Gasteiger partial charge in [-0.25, -0.2) is 4.98 Å². The van der Waals surface area contributed by atoms with Crippen LogP contribution in [0.25, 0.3) is 0 Å². The molecule has 108 valence electrons. The van der Waals surface area contributed by atoms with Gasteiger partial charge in [-0.1, -0.05) is 43.3 Å². The minimum absolute atomic E-state index is 0.629. The fourth-order valence-corrected chi connectivity index (χ4v) is 3.06. The molecule has 0 bridgehead atoms. The molecular formula is C17H19N3S. The molecule has 0 radical (unpaired) electrons. The molecule has 1 heterocycles. The van der Waals surface area contributed by atoms with Crippen LogP contribution in [0.5, 0.6) is 0 Å². The maximum absolute atomic E-state index is 9.79. The van der Waals surface area contributed by atoms with Crippen LogP contribution in [0.3, 0.4) is 0 Å². The third-order valence-corrected chi connectivity index (χ3v) is 4.32. The lowest BCUT2D eigenvalue weighted by Gasteiger charge is -2.28. The molecule has 3 nitrogen and oxygen atoms in total. The monoisotopic (exact) mass is 297 g/mol. The first-order chi connectivity index (χ1) is 10.3. The third-order valence-electron chi connectivity index (χ3n) is 3.21. The first kappa shape index (κ1) is 15.6. The van der Waals surface area contributed by atoms with Gasteiger partial charge in [0.15, 0.2) is 0 Å². The average molecular weight is 297 g/mol. The maximum atomic E-state index is 9.79. The summed E-state index contributed by atoms with van der Waals surface area (Å²) in [7, 11) is 0. The van der Waals surface area contributed by atoms with Crippen LogP contribution in [-0.2, 0) is 5.54 Å². The Labute approximate surface area is 130 Å². The van der Waals surface area contributed by atoms with Crippen molar-refractivity contribution in [3.05, 3.63) is 60.3 Å². The van der Waals surface area contributed by atoms with Gasteiger partial charge in [0.05, 0.1) is 11.1 Å². The summed E-state index contributed by atoms with van der Waals surface area (Å²) in [6, 6.07) is 18.2. The Morgan fingerprint density at radius 1 is 1.19 bits per heavy atom. The number of nitrogens with zero attached hydrogens (tertiary/aromatic N) is 2. The van der Waals surface area contributed by atoms with Gasteiger partial charge in [0.2, 0.25) is 0 Å². The molecule has 0 amide bonds. The molecule has 1 aromatic carbocycles. The van der Waals surface area contributed by atoms with Gasteiger partial charge in [-0.2, -0.15) is 5.26 Å². The number of thioether (sulfide) groups is 1. The number of benzene rings is 1. The van der Waals surface area contributed by atoms with Gasteiger partial charge in [0.25, 0.3) is 0 Å².